The monoisotopic (exact) mass is 302 g/mol. The predicted octanol–water partition coefficient (Wildman–Crippen LogP) is 2.32. The second-order valence-electron chi connectivity index (χ2n) is 4.44. The molecule has 1 atom stereocenters. The van der Waals surface area contributed by atoms with Crippen molar-refractivity contribution in [3.05, 3.63) is 70.3 Å². The number of nitrogens with zero attached hydrogens (tertiary/aromatic N) is 1. The SMILES string of the molecule is O=C(CNc1ccc(O)cc1)OC(c1ccccc1)[N+](=O)[O-]. The summed E-state index contributed by atoms with van der Waals surface area (Å²) in [5, 5.41) is 22.9. The first-order valence-electron chi connectivity index (χ1n) is 6.47. The van der Waals surface area contributed by atoms with Crippen LogP contribution in [0.25, 0.3) is 0 Å². The molecule has 2 aromatic carbocycles. The molecule has 0 aliphatic heterocycles. The summed E-state index contributed by atoms with van der Waals surface area (Å²) in [5.74, 6) is -0.649. The number of esters is 1. The van der Waals surface area contributed by atoms with Crippen molar-refractivity contribution in [3.8, 4) is 5.75 Å². The third-order valence-corrected chi connectivity index (χ3v) is 2.82. The van der Waals surface area contributed by atoms with Crippen LogP contribution in [0.4, 0.5) is 5.69 Å². The van der Waals surface area contributed by atoms with Crippen LogP contribution in [-0.4, -0.2) is 22.5 Å². The Bertz CT molecular complexity index is 643. The molecule has 0 amide bonds. The molecule has 0 aliphatic rings. The summed E-state index contributed by atoms with van der Waals surface area (Å²) in [6.07, 6.45) is -1.53. The van der Waals surface area contributed by atoms with Crippen LogP contribution >= 0.6 is 0 Å². The van der Waals surface area contributed by atoms with Crippen molar-refractivity contribution < 1.29 is 19.6 Å². The number of ether oxygens (including phenoxy) is 1. The Morgan fingerprint density at radius 3 is 2.41 bits per heavy atom. The Morgan fingerprint density at radius 1 is 1.18 bits per heavy atom. The molecule has 0 saturated carbocycles. The number of nitro groups is 1. The third kappa shape index (κ3) is 4.20. The highest BCUT2D eigenvalue weighted by Gasteiger charge is 2.26. The number of hydrogen-bond donors (Lipinski definition) is 2. The second-order valence-corrected chi connectivity index (χ2v) is 4.44. The fraction of sp³-hybridized carbons (Fsp3) is 0.133. The summed E-state index contributed by atoms with van der Waals surface area (Å²) in [4.78, 5) is 22.1. The van der Waals surface area contributed by atoms with Crippen LogP contribution in [0, 0.1) is 10.1 Å². The number of anilines is 1. The van der Waals surface area contributed by atoms with Gasteiger partial charge < -0.3 is 15.2 Å². The molecule has 0 spiro atoms. The van der Waals surface area contributed by atoms with Gasteiger partial charge in [-0.1, -0.05) is 18.2 Å². The number of rotatable bonds is 6. The number of phenolic OH excluding ortho intramolecular Hbond substituents is 1. The number of phenols is 1. The molecule has 7 nitrogen and oxygen atoms in total. The minimum atomic E-state index is -1.53. The number of nitrogens with one attached hydrogen (secondary N) is 1. The summed E-state index contributed by atoms with van der Waals surface area (Å²) in [7, 11) is 0. The summed E-state index contributed by atoms with van der Waals surface area (Å²) >= 11 is 0. The minimum absolute atomic E-state index is 0.102. The van der Waals surface area contributed by atoms with Crippen LogP contribution < -0.4 is 5.32 Å². The topological polar surface area (TPSA) is 102 Å². The van der Waals surface area contributed by atoms with Crippen molar-refractivity contribution in [1.82, 2.24) is 0 Å². The van der Waals surface area contributed by atoms with Gasteiger partial charge in [0.05, 0.1) is 10.5 Å². The van der Waals surface area contributed by atoms with Gasteiger partial charge in [-0.05, 0) is 36.4 Å². The molecule has 114 valence electrons. The Morgan fingerprint density at radius 2 is 1.82 bits per heavy atom. The van der Waals surface area contributed by atoms with E-state index in [4.69, 9.17) is 9.84 Å². The number of hydrogen-bond acceptors (Lipinski definition) is 6. The van der Waals surface area contributed by atoms with Crippen LogP contribution in [-0.2, 0) is 9.53 Å². The van der Waals surface area contributed by atoms with E-state index < -0.39 is 17.1 Å². The fourth-order valence-electron chi connectivity index (χ4n) is 1.77. The molecule has 0 heterocycles. The molecule has 0 aliphatic carbocycles. The van der Waals surface area contributed by atoms with Gasteiger partial charge in [0.25, 0.3) is 0 Å². The normalized spacial score (nSPS) is 11.5. The lowest BCUT2D eigenvalue weighted by atomic mass is 10.2. The van der Waals surface area contributed by atoms with Gasteiger partial charge in [-0.2, -0.15) is 0 Å². The first-order valence-corrected chi connectivity index (χ1v) is 6.47. The maximum Gasteiger partial charge on any atom is 0.382 e. The van der Waals surface area contributed by atoms with Crippen molar-refractivity contribution in [2.45, 2.75) is 6.23 Å². The standard InChI is InChI=1S/C15H14N2O5/c18-13-8-6-12(7-9-13)16-10-14(19)22-15(17(20)21)11-4-2-1-3-5-11/h1-9,15-16,18H,10H2. The van der Waals surface area contributed by atoms with E-state index >= 15 is 0 Å². The van der Waals surface area contributed by atoms with Gasteiger partial charge in [-0.15, -0.1) is 0 Å². The summed E-state index contributed by atoms with van der Waals surface area (Å²) in [6.45, 7) is -0.220. The van der Waals surface area contributed by atoms with E-state index in [1.807, 2.05) is 0 Å². The average molecular weight is 302 g/mol. The zero-order valence-corrected chi connectivity index (χ0v) is 11.5. The van der Waals surface area contributed by atoms with E-state index in [1.54, 1.807) is 30.3 Å². The molecule has 1 unspecified atom stereocenters. The first kappa shape index (κ1) is 15.3. The molecule has 0 bridgehead atoms. The maximum atomic E-state index is 11.7. The van der Waals surface area contributed by atoms with E-state index in [0.29, 0.717) is 11.3 Å². The Balaban J connectivity index is 1.94. The summed E-state index contributed by atoms with van der Waals surface area (Å²) < 4.78 is 4.89. The van der Waals surface area contributed by atoms with Gasteiger partial charge >= 0.3 is 12.2 Å². The highest BCUT2D eigenvalue weighted by Crippen LogP contribution is 2.18. The molecule has 0 fully saturated rings. The van der Waals surface area contributed by atoms with Gasteiger partial charge in [-0.25, -0.2) is 4.79 Å². The second kappa shape index (κ2) is 7.07. The van der Waals surface area contributed by atoms with Gasteiger partial charge in [0.1, 0.15) is 12.3 Å². The van der Waals surface area contributed by atoms with Crippen LogP contribution in [0.15, 0.2) is 54.6 Å². The van der Waals surface area contributed by atoms with Crippen molar-refractivity contribution in [3.63, 3.8) is 0 Å². The summed E-state index contributed by atoms with van der Waals surface area (Å²) in [6, 6.07) is 14.1. The molecule has 2 N–H and O–H groups in total. The first-order chi connectivity index (χ1) is 10.6. The smallest absolute Gasteiger partial charge is 0.382 e. The highest BCUT2D eigenvalue weighted by molar-refractivity contribution is 5.75. The molecule has 0 aromatic heterocycles. The van der Waals surface area contributed by atoms with Crippen molar-refractivity contribution >= 4 is 11.7 Å². The van der Waals surface area contributed by atoms with Crippen molar-refractivity contribution in [2.24, 2.45) is 0 Å². The fourth-order valence-corrected chi connectivity index (χ4v) is 1.77. The molecular formula is C15H14N2O5. The average Bonchev–Trinajstić information content (AvgIpc) is 2.52. The molecule has 0 radical (unpaired) electrons. The van der Waals surface area contributed by atoms with E-state index in [1.165, 1.54) is 24.3 Å². The predicted molar refractivity (Wildman–Crippen MR) is 78.9 cm³/mol. The van der Waals surface area contributed by atoms with Crippen molar-refractivity contribution in [2.75, 3.05) is 11.9 Å². The maximum absolute atomic E-state index is 11.7. The number of aromatic hydroxyl groups is 1. The number of benzene rings is 2. The van der Waals surface area contributed by atoms with Crippen LogP contribution in [0.5, 0.6) is 5.75 Å². The van der Waals surface area contributed by atoms with Gasteiger partial charge in [0.15, 0.2) is 0 Å². The summed E-state index contributed by atoms with van der Waals surface area (Å²) in [5.41, 5.74) is 0.887. The van der Waals surface area contributed by atoms with E-state index in [2.05, 4.69) is 5.32 Å². The van der Waals surface area contributed by atoms with E-state index in [-0.39, 0.29) is 12.3 Å². The largest absolute Gasteiger partial charge is 0.508 e. The highest BCUT2D eigenvalue weighted by atomic mass is 16.7. The lowest BCUT2D eigenvalue weighted by Crippen LogP contribution is -2.23. The van der Waals surface area contributed by atoms with Gasteiger partial charge in [0.2, 0.25) is 0 Å². The van der Waals surface area contributed by atoms with Crippen LogP contribution in [0.3, 0.4) is 0 Å². The van der Waals surface area contributed by atoms with E-state index in [9.17, 15) is 14.9 Å². The molecule has 0 saturated heterocycles. The zero-order valence-electron chi connectivity index (χ0n) is 11.5. The minimum Gasteiger partial charge on any atom is -0.508 e. The molecule has 22 heavy (non-hydrogen) atoms. The lowest BCUT2D eigenvalue weighted by molar-refractivity contribution is -0.575. The van der Waals surface area contributed by atoms with E-state index in [0.717, 1.165) is 0 Å². The zero-order chi connectivity index (χ0) is 15.9. The molecule has 2 rings (SSSR count). The number of carbonyl (C=O) groups excluding carboxylic acids is 1. The third-order valence-electron chi connectivity index (χ3n) is 2.82. The van der Waals surface area contributed by atoms with Gasteiger partial charge in [0, 0.05) is 5.69 Å². The Hall–Kier alpha value is -3.09. The van der Waals surface area contributed by atoms with Crippen molar-refractivity contribution in [1.29, 1.82) is 0 Å². The van der Waals surface area contributed by atoms with Crippen LogP contribution in [0.2, 0.25) is 0 Å². The van der Waals surface area contributed by atoms with Crippen LogP contribution in [0.1, 0.15) is 11.8 Å². The number of carbonyl (C=O) groups is 1. The lowest BCUT2D eigenvalue weighted by Gasteiger charge is -2.11. The molecule has 7 heteroatoms. The van der Waals surface area contributed by atoms with Gasteiger partial charge in [-0.3, -0.25) is 10.1 Å². The quantitative estimate of drug-likeness (QED) is 0.279. The molecular weight excluding hydrogens is 288 g/mol. The molecule has 2 aromatic rings. The Kier molecular flexibility index (Phi) is 4.92. The Labute approximate surface area is 126 Å².